The van der Waals surface area contributed by atoms with Gasteiger partial charge in [0.05, 0.1) is 23.2 Å². The zero-order chi connectivity index (χ0) is 19.8. The number of carbonyl (C=O) groups excluding carboxylic acids is 1. The van der Waals surface area contributed by atoms with Gasteiger partial charge in [-0.1, -0.05) is 0 Å². The summed E-state index contributed by atoms with van der Waals surface area (Å²) in [5.74, 6) is 0.168. The quantitative estimate of drug-likeness (QED) is 0.794. The molecule has 0 spiro atoms. The molecule has 3 rings (SSSR count). The lowest BCUT2D eigenvalue weighted by Crippen LogP contribution is -2.25. The van der Waals surface area contributed by atoms with Crippen LogP contribution in [0.1, 0.15) is 23.9 Å². The van der Waals surface area contributed by atoms with Crippen molar-refractivity contribution in [2.45, 2.75) is 26.3 Å². The minimum Gasteiger partial charge on any atom is -0.478 e. The van der Waals surface area contributed by atoms with E-state index >= 15 is 0 Å². The third-order valence-corrected chi connectivity index (χ3v) is 6.24. The maximum atomic E-state index is 12.2. The van der Waals surface area contributed by atoms with E-state index in [1.165, 1.54) is 12.3 Å². The van der Waals surface area contributed by atoms with Crippen LogP contribution in [0.5, 0.6) is 5.75 Å². The van der Waals surface area contributed by atoms with Gasteiger partial charge >= 0.3 is 0 Å². The van der Waals surface area contributed by atoms with Crippen LogP contribution in [0.25, 0.3) is 0 Å². The van der Waals surface area contributed by atoms with Crippen molar-refractivity contribution in [1.82, 2.24) is 14.3 Å². The van der Waals surface area contributed by atoms with Gasteiger partial charge < -0.3 is 14.6 Å². The number of ether oxygens (including phenoxy) is 1. The highest BCUT2D eigenvalue weighted by molar-refractivity contribution is 7.91. The predicted molar refractivity (Wildman–Crippen MR) is 99.8 cm³/mol. The summed E-state index contributed by atoms with van der Waals surface area (Å²) in [6.45, 7) is 3.22. The molecule has 2 aromatic rings. The molecule has 0 aliphatic carbocycles. The van der Waals surface area contributed by atoms with Gasteiger partial charge in [0.25, 0.3) is 5.91 Å². The van der Waals surface area contributed by atoms with E-state index in [0.29, 0.717) is 17.9 Å². The summed E-state index contributed by atoms with van der Waals surface area (Å²) >= 11 is 0. The molecule has 1 fully saturated rings. The van der Waals surface area contributed by atoms with Crippen LogP contribution in [-0.4, -0.2) is 46.8 Å². The summed E-state index contributed by atoms with van der Waals surface area (Å²) in [6.07, 6.45) is 1.99. The maximum Gasteiger partial charge on any atom is 0.263 e. The summed E-state index contributed by atoms with van der Waals surface area (Å²) < 4.78 is 32.0. The minimum atomic E-state index is -3.07. The molecule has 3 heterocycles. The smallest absolute Gasteiger partial charge is 0.263 e. The Morgan fingerprint density at radius 1 is 1.37 bits per heavy atom. The summed E-state index contributed by atoms with van der Waals surface area (Å²) in [5, 5.41) is 6.99. The van der Waals surface area contributed by atoms with Gasteiger partial charge in [0.15, 0.2) is 22.2 Å². The fraction of sp³-hybridized carbons (Fsp3) is 0.471. The van der Waals surface area contributed by atoms with Crippen molar-refractivity contribution >= 4 is 21.6 Å². The van der Waals surface area contributed by atoms with E-state index in [4.69, 9.17) is 4.74 Å². The predicted octanol–water partition coefficient (Wildman–Crippen LogP) is 0.576. The molecule has 1 N–H and O–H groups in total. The number of aryl methyl sites for hydroxylation is 3. The van der Waals surface area contributed by atoms with Crippen LogP contribution in [0, 0.1) is 13.8 Å². The van der Waals surface area contributed by atoms with Crippen molar-refractivity contribution in [3.8, 4) is 5.75 Å². The molecule has 0 saturated carbocycles. The monoisotopic (exact) mass is 394 g/mol. The lowest BCUT2D eigenvalue weighted by atomic mass is 10.3. The first-order valence-corrected chi connectivity index (χ1v) is 10.3. The van der Waals surface area contributed by atoms with Gasteiger partial charge in [0.2, 0.25) is 5.43 Å². The Balaban J connectivity index is 1.68. The average molecular weight is 394 g/mol. The molecule has 27 heavy (non-hydrogen) atoms. The third-order valence-electron chi connectivity index (χ3n) is 4.49. The Bertz CT molecular complexity index is 1040. The topological polar surface area (TPSA) is 112 Å². The highest BCUT2D eigenvalue weighted by Gasteiger charge is 2.31. The van der Waals surface area contributed by atoms with Gasteiger partial charge in [-0.15, -0.1) is 0 Å². The highest BCUT2D eigenvalue weighted by atomic mass is 32.2. The first-order valence-electron chi connectivity index (χ1n) is 8.51. The van der Waals surface area contributed by atoms with Crippen LogP contribution < -0.4 is 15.5 Å². The lowest BCUT2D eigenvalue weighted by Gasteiger charge is -2.14. The Hall–Kier alpha value is -2.62. The minimum absolute atomic E-state index is 0.00684. The van der Waals surface area contributed by atoms with Gasteiger partial charge in [0.1, 0.15) is 5.82 Å². The summed E-state index contributed by atoms with van der Waals surface area (Å²) in [4.78, 5) is 24.2. The van der Waals surface area contributed by atoms with E-state index in [9.17, 15) is 18.0 Å². The number of anilines is 1. The molecule has 1 saturated heterocycles. The first-order chi connectivity index (χ1) is 12.6. The molecule has 1 aliphatic rings. The lowest BCUT2D eigenvalue weighted by molar-refractivity contribution is -0.118. The van der Waals surface area contributed by atoms with Crippen molar-refractivity contribution in [3.63, 3.8) is 0 Å². The van der Waals surface area contributed by atoms with Gasteiger partial charge in [-0.05, 0) is 20.3 Å². The van der Waals surface area contributed by atoms with Gasteiger partial charge in [0, 0.05) is 31.1 Å². The third kappa shape index (κ3) is 4.38. The van der Waals surface area contributed by atoms with E-state index in [1.807, 2.05) is 0 Å². The molecule has 146 valence electrons. The fourth-order valence-electron chi connectivity index (χ4n) is 2.99. The number of carbonyl (C=O) groups is 1. The van der Waals surface area contributed by atoms with E-state index in [2.05, 4.69) is 10.4 Å². The van der Waals surface area contributed by atoms with Crippen LogP contribution in [0.15, 0.2) is 23.1 Å². The summed E-state index contributed by atoms with van der Waals surface area (Å²) in [6, 6.07) is 2.81. The molecule has 1 atom stereocenters. The van der Waals surface area contributed by atoms with Gasteiger partial charge in [-0.25, -0.2) is 13.1 Å². The number of amides is 1. The van der Waals surface area contributed by atoms with Crippen molar-refractivity contribution in [2.75, 3.05) is 23.4 Å². The number of aromatic nitrogens is 3. The second-order valence-corrected chi connectivity index (χ2v) is 8.99. The van der Waals surface area contributed by atoms with Crippen LogP contribution >= 0.6 is 0 Å². The van der Waals surface area contributed by atoms with E-state index in [0.717, 1.165) is 5.69 Å². The number of hydrogen-bond donors (Lipinski definition) is 1. The molecule has 0 aromatic carbocycles. The van der Waals surface area contributed by atoms with Gasteiger partial charge in [-0.2, -0.15) is 5.10 Å². The van der Waals surface area contributed by atoms with Crippen molar-refractivity contribution in [3.05, 3.63) is 39.9 Å². The largest absolute Gasteiger partial charge is 0.478 e. The number of hydrogen-bond acceptors (Lipinski definition) is 6. The molecule has 10 heteroatoms. The zero-order valence-electron chi connectivity index (χ0n) is 15.4. The van der Waals surface area contributed by atoms with E-state index < -0.39 is 15.7 Å². The molecule has 1 amide bonds. The van der Waals surface area contributed by atoms with Crippen molar-refractivity contribution in [1.29, 1.82) is 0 Å². The standard InChI is InChI=1S/C17H22N4O5S/c1-11-6-16(21(19-11)13-4-5-27(24,25)10-13)18-17(23)9-26-15-8-20(3)12(2)7-14(15)22/h6-8,13H,4-5,9-10H2,1-3H3,(H,18,23). The van der Waals surface area contributed by atoms with Crippen molar-refractivity contribution < 1.29 is 17.9 Å². The molecule has 0 radical (unpaired) electrons. The van der Waals surface area contributed by atoms with Crippen molar-refractivity contribution in [2.24, 2.45) is 7.05 Å². The molecule has 9 nitrogen and oxygen atoms in total. The Morgan fingerprint density at radius 3 is 2.78 bits per heavy atom. The first kappa shape index (κ1) is 19.2. The second-order valence-electron chi connectivity index (χ2n) is 6.76. The fourth-order valence-corrected chi connectivity index (χ4v) is 4.68. The molecular weight excluding hydrogens is 372 g/mol. The van der Waals surface area contributed by atoms with Crippen LogP contribution in [-0.2, 0) is 21.7 Å². The van der Waals surface area contributed by atoms with E-state index in [-0.39, 0.29) is 35.3 Å². The number of rotatable bonds is 5. The summed E-state index contributed by atoms with van der Waals surface area (Å²) in [7, 11) is -1.30. The Kier molecular flexibility index (Phi) is 5.09. The number of pyridine rings is 1. The molecule has 1 aliphatic heterocycles. The normalized spacial score (nSPS) is 18.4. The number of nitrogens with zero attached hydrogens (tertiary/aromatic N) is 3. The SMILES string of the molecule is Cc1cc(NC(=O)COc2cn(C)c(C)cc2=O)n(C2CCS(=O)(=O)C2)n1. The van der Waals surface area contributed by atoms with Crippen LogP contribution in [0.2, 0.25) is 0 Å². The summed E-state index contributed by atoms with van der Waals surface area (Å²) in [5.41, 5.74) is 1.15. The highest BCUT2D eigenvalue weighted by Crippen LogP contribution is 2.27. The Labute approximate surface area is 156 Å². The Morgan fingerprint density at radius 2 is 2.11 bits per heavy atom. The molecule has 0 bridgehead atoms. The van der Waals surface area contributed by atoms with Gasteiger partial charge in [-0.3, -0.25) is 9.59 Å². The maximum absolute atomic E-state index is 12.2. The second kappa shape index (κ2) is 7.18. The number of nitrogens with one attached hydrogen (secondary N) is 1. The number of sulfone groups is 1. The molecular formula is C17H22N4O5S. The zero-order valence-corrected chi connectivity index (χ0v) is 16.2. The molecule has 1 unspecified atom stereocenters. The average Bonchev–Trinajstić information content (AvgIpc) is 3.11. The van der Waals surface area contributed by atoms with E-state index in [1.54, 1.807) is 36.2 Å². The molecule has 2 aromatic heterocycles. The van der Waals surface area contributed by atoms with Crippen LogP contribution in [0.3, 0.4) is 0 Å². The van der Waals surface area contributed by atoms with Crippen LogP contribution in [0.4, 0.5) is 5.82 Å².